The first-order chi connectivity index (χ1) is 9.51. The minimum absolute atomic E-state index is 0.0969. The number of rotatable bonds is 2. The van der Waals surface area contributed by atoms with Crippen LogP contribution in [-0.4, -0.2) is 37.1 Å². The number of benzene rings is 1. The summed E-state index contributed by atoms with van der Waals surface area (Å²) in [6.45, 7) is 2.87. The molecular weight excluding hydrogens is 258 g/mol. The van der Waals surface area contributed by atoms with E-state index in [1.807, 2.05) is 6.92 Å². The summed E-state index contributed by atoms with van der Waals surface area (Å²) < 4.78 is 4.75. The fraction of sp³-hybridized carbons (Fsp3) is 0.429. The molecule has 1 aromatic carbocycles. The molecule has 2 amide bonds. The predicted molar refractivity (Wildman–Crippen MR) is 76.1 cm³/mol. The second kappa shape index (κ2) is 5.81. The van der Waals surface area contributed by atoms with E-state index >= 15 is 0 Å². The average Bonchev–Trinajstić information content (AvgIpc) is 2.82. The fourth-order valence-electron chi connectivity index (χ4n) is 2.36. The fourth-order valence-corrected chi connectivity index (χ4v) is 2.36. The van der Waals surface area contributed by atoms with Crippen molar-refractivity contribution < 1.29 is 14.3 Å². The number of nitrogens with one attached hydrogen (secondary N) is 1. The van der Waals surface area contributed by atoms with Crippen LogP contribution in [0.15, 0.2) is 24.3 Å². The number of amides is 2. The van der Waals surface area contributed by atoms with E-state index in [1.165, 1.54) is 7.11 Å². The molecule has 1 heterocycles. The van der Waals surface area contributed by atoms with E-state index in [0.717, 1.165) is 0 Å². The molecule has 2 unspecified atom stereocenters. The minimum Gasteiger partial charge on any atom is -0.469 e. The number of anilines is 2. The summed E-state index contributed by atoms with van der Waals surface area (Å²) >= 11 is 0. The Hall–Kier alpha value is -2.24. The normalized spacial score (nSPS) is 21.6. The van der Waals surface area contributed by atoms with Crippen molar-refractivity contribution in [3.8, 4) is 0 Å². The van der Waals surface area contributed by atoms with Crippen molar-refractivity contribution in [3.63, 3.8) is 0 Å². The number of carbonyl (C=O) groups excluding carboxylic acids is 2. The Morgan fingerprint density at radius 2 is 1.95 bits per heavy atom. The van der Waals surface area contributed by atoms with Crippen molar-refractivity contribution in [2.24, 2.45) is 11.8 Å². The zero-order valence-corrected chi connectivity index (χ0v) is 11.6. The number of nitrogens with zero attached hydrogens (tertiary/aromatic N) is 1. The number of nitrogens with two attached hydrogens (primary N) is 1. The lowest BCUT2D eigenvalue weighted by molar-refractivity contribution is -0.145. The molecule has 3 N–H and O–H groups in total. The largest absolute Gasteiger partial charge is 0.469 e. The average molecular weight is 277 g/mol. The van der Waals surface area contributed by atoms with Gasteiger partial charge in [-0.3, -0.25) is 4.79 Å². The minimum atomic E-state index is -0.264. The smallest absolute Gasteiger partial charge is 0.321 e. The van der Waals surface area contributed by atoms with Gasteiger partial charge in [0.2, 0.25) is 0 Å². The Bertz CT molecular complexity index is 501. The number of hydrogen-bond acceptors (Lipinski definition) is 4. The van der Waals surface area contributed by atoms with Gasteiger partial charge in [0, 0.05) is 24.5 Å². The quantitative estimate of drug-likeness (QED) is 0.634. The van der Waals surface area contributed by atoms with Crippen molar-refractivity contribution in [3.05, 3.63) is 24.3 Å². The van der Waals surface area contributed by atoms with Gasteiger partial charge in [-0.25, -0.2) is 4.79 Å². The summed E-state index contributed by atoms with van der Waals surface area (Å²) in [4.78, 5) is 25.4. The standard InChI is InChI=1S/C14H19N3O3/c1-9-7-17(8-12(9)13(18)20-2)14(19)16-11-5-3-10(15)4-6-11/h3-6,9,12H,7-8,15H2,1-2H3,(H,16,19). The zero-order chi connectivity index (χ0) is 14.7. The molecule has 1 aromatic rings. The molecule has 0 saturated carbocycles. The van der Waals surface area contributed by atoms with E-state index in [9.17, 15) is 9.59 Å². The Labute approximate surface area is 117 Å². The molecule has 1 fully saturated rings. The Morgan fingerprint density at radius 3 is 2.55 bits per heavy atom. The van der Waals surface area contributed by atoms with Crippen LogP contribution in [0.1, 0.15) is 6.92 Å². The molecule has 0 aliphatic carbocycles. The van der Waals surface area contributed by atoms with E-state index in [1.54, 1.807) is 29.2 Å². The van der Waals surface area contributed by atoms with Crippen LogP contribution < -0.4 is 11.1 Å². The third kappa shape index (κ3) is 3.01. The predicted octanol–water partition coefficient (Wildman–Crippen LogP) is 1.54. The number of urea groups is 1. The lowest BCUT2D eigenvalue weighted by Crippen LogP contribution is -2.34. The summed E-state index contributed by atoms with van der Waals surface area (Å²) in [6.07, 6.45) is 0. The number of methoxy groups -OCH3 is 1. The molecule has 6 heteroatoms. The Balaban J connectivity index is 1.97. The molecule has 108 valence electrons. The summed E-state index contributed by atoms with van der Waals surface area (Å²) in [5, 5.41) is 2.79. The molecule has 0 aromatic heterocycles. The maximum absolute atomic E-state index is 12.1. The van der Waals surface area contributed by atoms with Gasteiger partial charge in [-0.05, 0) is 30.2 Å². The highest BCUT2D eigenvalue weighted by Gasteiger charge is 2.37. The molecule has 0 radical (unpaired) electrons. The maximum atomic E-state index is 12.1. The first-order valence-electron chi connectivity index (χ1n) is 6.50. The summed E-state index contributed by atoms with van der Waals surface area (Å²) in [6, 6.07) is 6.71. The van der Waals surface area contributed by atoms with Crippen LogP contribution in [0.2, 0.25) is 0 Å². The van der Waals surface area contributed by atoms with Gasteiger partial charge in [-0.15, -0.1) is 0 Å². The number of esters is 1. The number of carbonyl (C=O) groups is 2. The van der Waals surface area contributed by atoms with Crippen LogP contribution in [0.4, 0.5) is 16.2 Å². The van der Waals surface area contributed by atoms with Crippen molar-refractivity contribution in [2.75, 3.05) is 31.2 Å². The van der Waals surface area contributed by atoms with Crippen molar-refractivity contribution in [1.82, 2.24) is 4.90 Å². The van der Waals surface area contributed by atoms with E-state index in [2.05, 4.69) is 5.32 Å². The van der Waals surface area contributed by atoms with Crippen LogP contribution in [0.25, 0.3) is 0 Å². The first-order valence-corrected chi connectivity index (χ1v) is 6.50. The van der Waals surface area contributed by atoms with E-state index in [4.69, 9.17) is 10.5 Å². The molecule has 0 bridgehead atoms. The van der Waals surface area contributed by atoms with Crippen molar-refractivity contribution >= 4 is 23.4 Å². The molecule has 1 saturated heterocycles. The molecule has 0 spiro atoms. The first kappa shape index (κ1) is 14.2. The number of likely N-dealkylation sites (tertiary alicyclic amines) is 1. The van der Waals surface area contributed by atoms with E-state index < -0.39 is 0 Å². The van der Waals surface area contributed by atoms with Crippen LogP contribution in [0.3, 0.4) is 0 Å². The highest BCUT2D eigenvalue weighted by molar-refractivity contribution is 5.90. The van der Waals surface area contributed by atoms with Gasteiger partial charge in [-0.1, -0.05) is 6.92 Å². The summed E-state index contributed by atoms with van der Waals surface area (Å²) in [5.41, 5.74) is 6.91. The van der Waals surface area contributed by atoms with Crippen molar-refractivity contribution in [1.29, 1.82) is 0 Å². The highest BCUT2D eigenvalue weighted by atomic mass is 16.5. The zero-order valence-electron chi connectivity index (χ0n) is 11.6. The molecular formula is C14H19N3O3. The molecule has 6 nitrogen and oxygen atoms in total. The van der Waals surface area contributed by atoms with Gasteiger partial charge in [0.25, 0.3) is 0 Å². The summed E-state index contributed by atoms with van der Waals surface area (Å²) in [7, 11) is 1.37. The van der Waals surface area contributed by atoms with Gasteiger partial charge in [0.05, 0.1) is 13.0 Å². The lowest BCUT2D eigenvalue weighted by atomic mass is 9.99. The van der Waals surface area contributed by atoms with Gasteiger partial charge in [-0.2, -0.15) is 0 Å². The second-order valence-corrected chi connectivity index (χ2v) is 5.06. The lowest BCUT2D eigenvalue weighted by Gasteiger charge is -2.17. The van der Waals surface area contributed by atoms with Gasteiger partial charge in [0.1, 0.15) is 0 Å². The molecule has 2 atom stereocenters. The van der Waals surface area contributed by atoms with Crippen LogP contribution in [-0.2, 0) is 9.53 Å². The third-order valence-corrected chi connectivity index (χ3v) is 3.57. The Kier molecular flexibility index (Phi) is 4.12. The number of nitrogen functional groups attached to an aromatic ring is 1. The highest BCUT2D eigenvalue weighted by Crippen LogP contribution is 2.24. The SMILES string of the molecule is COC(=O)C1CN(C(=O)Nc2ccc(N)cc2)CC1C. The van der Waals surface area contributed by atoms with Gasteiger partial charge < -0.3 is 20.7 Å². The van der Waals surface area contributed by atoms with Crippen molar-refractivity contribution in [2.45, 2.75) is 6.92 Å². The molecule has 1 aliphatic heterocycles. The maximum Gasteiger partial charge on any atom is 0.321 e. The van der Waals surface area contributed by atoms with Crippen LogP contribution >= 0.6 is 0 Å². The monoisotopic (exact) mass is 277 g/mol. The van der Waals surface area contributed by atoms with Crippen LogP contribution in [0, 0.1) is 11.8 Å². The van der Waals surface area contributed by atoms with E-state index in [0.29, 0.717) is 24.5 Å². The number of ether oxygens (including phenoxy) is 1. The van der Waals surface area contributed by atoms with Gasteiger partial charge in [0.15, 0.2) is 0 Å². The number of hydrogen-bond donors (Lipinski definition) is 2. The van der Waals surface area contributed by atoms with E-state index in [-0.39, 0.29) is 23.8 Å². The topological polar surface area (TPSA) is 84.7 Å². The Morgan fingerprint density at radius 1 is 1.30 bits per heavy atom. The molecule has 2 rings (SSSR count). The third-order valence-electron chi connectivity index (χ3n) is 3.57. The van der Waals surface area contributed by atoms with Crippen LogP contribution in [0.5, 0.6) is 0 Å². The summed E-state index contributed by atoms with van der Waals surface area (Å²) in [5.74, 6) is -0.419. The molecule has 1 aliphatic rings. The van der Waals surface area contributed by atoms with Gasteiger partial charge >= 0.3 is 12.0 Å². The molecule has 20 heavy (non-hydrogen) atoms. The second-order valence-electron chi connectivity index (χ2n) is 5.06.